The number of esters is 1. The van der Waals surface area contributed by atoms with Gasteiger partial charge in [-0.2, -0.15) is 0 Å². The minimum absolute atomic E-state index is 0.101. The minimum atomic E-state index is -0.148. The number of hydrogen-bond donors (Lipinski definition) is 0. The fraction of sp³-hybridized carbons (Fsp3) is 0.240. The van der Waals surface area contributed by atoms with Gasteiger partial charge in [-0.1, -0.05) is 54.1 Å². The molecule has 0 saturated heterocycles. The largest absolute Gasteiger partial charge is 0.489 e. The second kappa shape index (κ2) is 7.89. The number of allylic oxidation sites excluding steroid dienone is 1. The molecule has 0 spiro atoms. The Kier molecular flexibility index (Phi) is 5.16. The normalized spacial score (nSPS) is 15.2. The molecule has 0 fully saturated rings. The van der Waals surface area contributed by atoms with Crippen LogP contribution in [-0.4, -0.2) is 12.6 Å². The average Bonchev–Trinajstić information content (AvgIpc) is 3.01. The van der Waals surface area contributed by atoms with Gasteiger partial charge in [0.1, 0.15) is 12.4 Å². The van der Waals surface area contributed by atoms with E-state index < -0.39 is 0 Å². The van der Waals surface area contributed by atoms with Crippen LogP contribution in [0.1, 0.15) is 42.9 Å². The van der Waals surface area contributed by atoms with Gasteiger partial charge in [0.05, 0.1) is 13.0 Å². The lowest BCUT2D eigenvalue weighted by Gasteiger charge is -2.14. The van der Waals surface area contributed by atoms with E-state index in [1.807, 2.05) is 19.1 Å². The topological polar surface area (TPSA) is 35.5 Å². The highest BCUT2D eigenvalue weighted by Gasteiger charge is 2.25. The van der Waals surface area contributed by atoms with Gasteiger partial charge in [0.15, 0.2) is 0 Å². The highest BCUT2D eigenvalue weighted by atomic mass is 16.5. The molecular weight excluding hydrogens is 348 g/mol. The standard InChI is InChI=1S/C25H24O3/c1-3-27-25(26)15-24-17(2)12-21-14-22(10-11-23(21)24)28-16-18-8-9-19-6-4-5-7-20(19)13-18/h4-14,24H,3,15-16H2,1-2H3. The second-order valence-corrected chi connectivity index (χ2v) is 7.21. The molecule has 0 aliphatic heterocycles. The first-order valence-electron chi connectivity index (χ1n) is 9.72. The zero-order chi connectivity index (χ0) is 19.5. The molecule has 1 aliphatic carbocycles. The van der Waals surface area contributed by atoms with Gasteiger partial charge < -0.3 is 9.47 Å². The predicted octanol–water partition coefficient (Wildman–Crippen LogP) is 5.87. The van der Waals surface area contributed by atoms with E-state index in [2.05, 4.69) is 61.5 Å². The number of fused-ring (bicyclic) bond motifs is 2. The quantitative estimate of drug-likeness (QED) is 0.508. The van der Waals surface area contributed by atoms with Crippen molar-refractivity contribution in [2.75, 3.05) is 6.61 Å². The maximum atomic E-state index is 11.9. The molecule has 1 atom stereocenters. The molecule has 142 valence electrons. The number of rotatable bonds is 6. The van der Waals surface area contributed by atoms with E-state index in [4.69, 9.17) is 9.47 Å². The molecule has 28 heavy (non-hydrogen) atoms. The van der Waals surface area contributed by atoms with E-state index in [-0.39, 0.29) is 11.9 Å². The van der Waals surface area contributed by atoms with Crippen LogP contribution in [0, 0.1) is 0 Å². The highest BCUT2D eigenvalue weighted by Crippen LogP contribution is 2.40. The van der Waals surface area contributed by atoms with Gasteiger partial charge in [0.25, 0.3) is 0 Å². The van der Waals surface area contributed by atoms with E-state index >= 15 is 0 Å². The molecule has 0 N–H and O–H groups in total. The van der Waals surface area contributed by atoms with Crippen LogP contribution in [0.4, 0.5) is 0 Å². The van der Waals surface area contributed by atoms with Crippen LogP contribution in [0.3, 0.4) is 0 Å². The fourth-order valence-electron chi connectivity index (χ4n) is 3.83. The van der Waals surface area contributed by atoms with Crippen molar-refractivity contribution in [3.8, 4) is 5.75 Å². The van der Waals surface area contributed by atoms with E-state index in [0.717, 1.165) is 16.9 Å². The maximum Gasteiger partial charge on any atom is 0.306 e. The third kappa shape index (κ3) is 3.79. The Morgan fingerprint density at radius 3 is 2.64 bits per heavy atom. The van der Waals surface area contributed by atoms with Crippen molar-refractivity contribution in [3.05, 3.63) is 82.9 Å². The number of carbonyl (C=O) groups excluding carboxylic acids is 1. The summed E-state index contributed by atoms with van der Waals surface area (Å²) in [5, 5.41) is 2.45. The number of hydrogen-bond acceptors (Lipinski definition) is 3. The summed E-state index contributed by atoms with van der Waals surface area (Å²) in [6, 6.07) is 20.9. The third-order valence-electron chi connectivity index (χ3n) is 5.26. The third-order valence-corrected chi connectivity index (χ3v) is 5.26. The number of ether oxygens (including phenoxy) is 2. The van der Waals surface area contributed by atoms with Crippen LogP contribution in [0.25, 0.3) is 16.8 Å². The summed E-state index contributed by atoms with van der Waals surface area (Å²) in [6.07, 6.45) is 2.53. The Balaban J connectivity index is 1.47. The van der Waals surface area contributed by atoms with Gasteiger partial charge in [-0.25, -0.2) is 0 Å². The van der Waals surface area contributed by atoms with Gasteiger partial charge >= 0.3 is 5.97 Å². The van der Waals surface area contributed by atoms with Gasteiger partial charge in [-0.3, -0.25) is 4.79 Å². The van der Waals surface area contributed by atoms with Gasteiger partial charge in [0.2, 0.25) is 0 Å². The van der Waals surface area contributed by atoms with Crippen LogP contribution in [0.5, 0.6) is 5.75 Å². The van der Waals surface area contributed by atoms with Crippen molar-refractivity contribution in [3.63, 3.8) is 0 Å². The van der Waals surface area contributed by atoms with E-state index in [1.165, 1.54) is 21.9 Å². The number of carbonyl (C=O) groups is 1. The molecule has 3 nitrogen and oxygen atoms in total. The Morgan fingerprint density at radius 1 is 1.00 bits per heavy atom. The second-order valence-electron chi connectivity index (χ2n) is 7.21. The molecule has 0 radical (unpaired) electrons. The van der Waals surface area contributed by atoms with Crippen LogP contribution in [0.15, 0.2) is 66.2 Å². The molecule has 3 aromatic carbocycles. The first-order chi connectivity index (χ1) is 13.6. The molecule has 1 unspecified atom stereocenters. The molecule has 4 rings (SSSR count). The maximum absolute atomic E-state index is 11.9. The molecule has 1 aliphatic rings. The van der Waals surface area contributed by atoms with Crippen molar-refractivity contribution in [1.29, 1.82) is 0 Å². The Labute approximate surface area is 165 Å². The molecule has 0 bridgehead atoms. The molecule has 0 aromatic heterocycles. The van der Waals surface area contributed by atoms with Crippen LogP contribution in [0.2, 0.25) is 0 Å². The Hall–Kier alpha value is -3.07. The zero-order valence-electron chi connectivity index (χ0n) is 16.3. The van der Waals surface area contributed by atoms with Crippen molar-refractivity contribution in [2.45, 2.75) is 32.8 Å². The Morgan fingerprint density at radius 2 is 1.82 bits per heavy atom. The molecule has 3 heteroatoms. The van der Waals surface area contributed by atoms with E-state index in [0.29, 0.717) is 19.6 Å². The summed E-state index contributed by atoms with van der Waals surface area (Å²) < 4.78 is 11.2. The zero-order valence-corrected chi connectivity index (χ0v) is 16.3. The van der Waals surface area contributed by atoms with Gasteiger partial charge in [0, 0.05) is 5.92 Å². The Bertz CT molecular complexity index is 1050. The predicted molar refractivity (Wildman–Crippen MR) is 112 cm³/mol. The first kappa shape index (κ1) is 18.3. The van der Waals surface area contributed by atoms with Crippen molar-refractivity contribution in [1.82, 2.24) is 0 Å². The lowest BCUT2D eigenvalue weighted by Crippen LogP contribution is -2.10. The monoisotopic (exact) mass is 372 g/mol. The lowest BCUT2D eigenvalue weighted by atomic mass is 9.93. The summed E-state index contributed by atoms with van der Waals surface area (Å²) in [4.78, 5) is 11.9. The number of benzene rings is 3. The molecule has 0 amide bonds. The summed E-state index contributed by atoms with van der Waals surface area (Å²) in [6.45, 7) is 4.85. The van der Waals surface area contributed by atoms with Crippen molar-refractivity contribution < 1.29 is 14.3 Å². The fourth-order valence-corrected chi connectivity index (χ4v) is 3.83. The first-order valence-corrected chi connectivity index (χ1v) is 9.72. The summed E-state index contributed by atoms with van der Waals surface area (Å²) >= 11 is 0. The van der Waals surface area contributed by atoms with Crippen molar-refractivity contribution in [2.24, 2.45) is 0 Å². The van der Waals surface area contributed by atoms with Crippen LogP contribution < -0.4 is 4.74 Å². The minimum Gasteiger partial charge on any atom is -0.489 e. The SMILES string of the molecule is CCOC(=O)CC1C(C)=Cc2cc(OCc3ccc4ccccc4c3)ccc21. The highest BCUT2D eigenvalue weighted by molar-refractivity contribution is 5.83. The van der Waals surface area contributed by atoms with Crippen LogP contribution >= 0.6 is 0 Å². The lowest BCUT2D eigenvalue weighted by molar-refractivity contribution is -0.143. The molecule has 0 heterocycles. The van der Waals surface area contributed by atoms with Crippen LogP contribution in [-0.2, 0) is 16.1 Å². The van der Waals surface area contributed by atoms with Gasteiger partial charge in [-0.05, 0) is 59.5 Å². The molecule has 3 aromatic rings. The average molecular weight is 372 g/mol. The molecule has 0 saturated carbocycles. The molecular formula is C25H24O3. The van der Waals surface area contributed by atoms with Crippen molar-refractivity contribution >= 4 is 22.8 Å². The van der Waals surface area contributed by atoms with E-state index in [1.54, 1.807) is 0 Å². The van der Waals surface area contributed by atoms with Gasteiger partial charge in [-0.15, -0.1) is 0 Å². The summed E-state index contributed by atoms with van der Waals surface area (Å²) in [7, 11) is 0. The summed E-state index contributed by atoms with van der Waals surface area (Å²) in [5.74, 6) is 0.793. The summed E-state index contributed by atoms with van der Waals surface area (Å²) in [5.41, 5.74) is 4.63. The smallest absolute Gasteiger partial charge is 0.306 e. The van der Waals surface area contributed by atoms with E-state index in [9.17, 15) is 4.79 Å².